The molecule has 0 aliphatic carbocycles. The molecule has 2 heterocycles. The molecule has 0 bridgehead atoms. The molecular weight excluding hydrogens is 360 g/mol. The fourth-order valence-corrected chi connectivity index (χ4v) is 3.78. The van der Waals surface area contributed by atoms with Gasteiger partial charge in [0.1, 0.15) is 0 Å². The van der Waals surface area contributed by atoms with Crippen molar-refractivity contribution >= 4 is 16.8 Å². The molecule has 1 amide bonds. The average molecular weight is 386 g/mol. The van der Waals surface area contributed by atoms with E-state index in [0.29, 0.717) is 5.56 Å². The van der Waals surface area contributed by atoms with E-state index in [0.717, 1.165) is 23.1 Å². The Labute approximate surface area is 171 Å². The maximum Gasteiger partial charge on any atom is 0.251 e. The van der Waals surface area contributed by atoms with Gasteiger partial charge in [0.15, 0.2) is 0 Å². The largest absolute Gasteiger partial charge is 0.344 e. The molecular formula is C24H26N4O. The first kappa shape index (κ1) is 19.0. The van der Waals surface area contributed by atoms with Gasteiger partial charge in [-0.15, -0.1) is 0 Å². The molecule has 148 valence electrons. The Bertz CT molecular complexity index is 1170. The van der Waals surface area contributed by atoms with Crippen LogP contribution in [0.5, 0.6) is 0 Å². The lowest BCUT2D eigenvalue weighted by atomic mass is 10.1. The third-order valence-electron chi connectivity index (χ3n) is 5.61. The minimum atomic E-state index is -0.148. The van der Waals surface area contributed by atoms with Crippen molar-refractivity contribution in [2.45, 2.75) is 33.4 Å². The van der Waals surface area contributed by atoms with Gasteiger partial charge in [0.2, 0.25) is 0 Å². The van der Waals surface area contributed by atoms with Crippen molar-refractivity contribution in [1.29, 1.82) is 0 Å². The molecule has 0 spiro atoms. The summed E-state index contributed by atoms with van der Waals surface area (Å²) in [4.78, 5) is 12.8. The number of aryl methyl sites for hydroxylation is 2. The molecule has 5 heteroatoms. The minimum absolute atomic E-state index is 0.0853. The number of hydrogen-bond acceptors (Lipinski definition) is 2. The van der Waals surface area contributed by atoms with Crippen LogP contribution in [0, 0.1) is 13.8 Å². The third-order valence-corrected chi connectivity index (χ3v) is 5.61. The number of carbonyl (C=O) groups excluding carboxylic acids is 1. The monoisotopic (exact) mass is 386 g/mol. The van der Waals surface area contributed by atoms with Crippen molar-refractivity contribution in [1.82, 2.24) is 19.7 Å². The van der Waals surface area contributed by atoms with Gasteiger partial charge in [-0.05, 0) is 56.2 Å². The molecule has 1 atom stereocenters. The van der Waals surface area contributed by atoms with Gasteiger partial charge in [-0.1, -0.05) is 30.3 Å². The van der Waals surface area contributed by atoms with E-state index >= 15 is 0 Å². The lowest BCUT2D eigenvalue weighted by Crippen LogP contribution is -2.27. The van der Waals surface area contributed by atoms with Crippen LogP contribution >= 0.6 is 0 Å². The summed E-state index contributed by atoms with van der Waals surface area (Å²) in [5.41, 5.74) is 6.37. The summed E-state index contributed by atoms with van der Waals surface area (Å²) in [7, 11) is 1.87. The second kappa shape index (κ2) is 7.59. The fourth-order valence-electron chi connectivity index (χ4n) is 3.78. The molecule has 1 N–H and O–H groups in total. The number of amides is 1. The highest BCUT2D eigenvalue weighted by molar-refractivity contribution is 5.99. The van der Waals surface area contributed by atoms with Crippen molar-refractivity contribution in [2.24, 2.45) is 7.05 Å². The van der Waals surface area contributed by atoms with Gasteiger partial charge in [-0.3, -0.25) is 9.48 Å². The van der Waals surface area contributed by atoms with E-state index in [-0.39, 0.29) is 11.9 Å². The lowest BCUT2D eigenvalue weighted by molar-refractivity contribution is 0.0939. The number of benzene rings is 2. The molecule has 4 rings (SSSR count). The Balaban J connectivity index is 1.62. The summed E-state index contributed by atoms with van der Waals surface area (Å²) in [5.74, 6) is -0.0853. The maximum absolute atomic E-state index is 12.8. The van der Waals surface area contributed by atoms with Crippen LogP contribution in [0.15, 0.2) is 60.8 Å². The number of nitrogens with one attached hydrogen (secondary N) is 1. The third kappa shape index (κ3) is 3.68. The Morgan fingerprint density at radius 1 is 1.10 bits per heavy atom. The quantitative estimate of drug-likeness (QED) is 0.548. The summed E-state index contributed by atoms with van der Waals surface area (Å²) in [6.45, 7) is 7.03. The Morgan fingerprint density at radius 3 is 2.55 bits per heavy atom. The number of fused-ring (bicyclic) bond motifs is 1. The zero-order valence-corrected chi connectivity index (χ0v) is 17.3. The van der Waals surface area contributed by atoms with Crippen molar-refractivity contribution in [2.75, 3.05) is 0 Å². The highest BCUT2D eigenvalue weighted by atomic mass is 16.1. The molecule has 0 unspecified atom stereocenters. The summed E-state index contributed by atoms with van der Waals surface area (Å²) in [6, 6.07) is 18.2. The summed E-state index contributed by atoms with van der Waals surface area (Å²) in [6.07, 6.45) is 1.88. The van der Waals surface area contributed by atoms with Crippen molar-refractivity contribution < 1.29 is 4.79 Å². The first-order chi connectivity index (χ1) is 13.9. The van der Waals surface area contributed by atoms with Gasteiger partial charge >= 0.3 is 0 Å². The van der Waals surface area contributed by atoms with Gasteiger partial charge in [0.05, 0.1) is 11.7 Å². The van der Waals surface area contributed by atoms with E-state index in [4.69, 9.17) is 0 Å². The van der Waals surface area contributed by atoms with E-state index in [1.165, 1.54) is 16.8 Å². The van der Waals surface area contributed by atoms with Crippen LogP contribution in [0.3, 0.4) is 0 Å². The molecule has 5 nitrogen and oxygen atoms in total. The Kier molecular flexibility index (Phi) is 4.97. The summed E-state index contributed by atoms with van der Waals surface area (Å²) in [5, 5.41) is 8.55. The van der Waals surface area contributed by atoms with Crippen LogP contribution in [0.4, 0.5) is 0 Å². The Hall–Kier alpha value is -3.34. The number of nitrogens with zero attached hydrogens (tertiary/aromatic N) is 3. The highest BCUT2D eigenvalue weighted by Gasteiger charge is 2.17. The van der Waals surface area contributed by atoms with E-state index in [1.807, 2.05) is 44.4 Å². The van der Waals surface area contributed by atoms with Gasteiger partial charge in [0.25, 0.3) is 5.91 Å². The smallest absolute Gasteiger partial charge is 0.251 e. The standard InChI is InChI=1S/C24H26N4O/c1-16-18(3)28(15-19-8-6-5-7-9-19)23-11-10-20(14-21(16)23)24(29)25-17(2)22-12-13-27(4)26-22/h5-14,17H,15H2,1-4H3,(H,25,29)/t17-/m0/s1. The molecule has 0 saturated heterocycles. The molecule has 4 aromatic rings. The molecule has 2 aromatic carbocycles. The van der Waals surface area contributed by atoms with E-state index in [1.54, 1.807) is 4.68 Å². The van der Waals surface area contributed by atoms with Crippen LogP contribution in [0.1, 0.15) is 45.8 Å². The van der Waals surface area contributed by atoms with Crippen molar-refractivity contribution in [3.63, 3.8) is 0 Å². The predicted octanol–water partition coefficient (Wildman–Crippen LogP) is 4.53. The van der Waals surface area contributed by atoms with Crippen LogP contribution in [-0.4, -0.2) is 20.3 Å². The minimum Gasteiger partial charge on any atom is -0.344 e. The van der Waals surface area contributed by atoms with Gasteiger partial charge in [-0.25, -0.2) is 0 Å². The van der Waals surface area contributed by atoms with E-state index in [9.17, 15) is 4.79 Å². The van der Waals surface area contributed by atoms with Crippen LogP contribution in [0.2, 0.25) is 0 Å². The van der Waals surface area contributed by atoms with Crippen molar-refractivity contribution in [3.05, 3.63) is 88.9 Å². The van der Waals surface area contributed by atoms with Crippen LogP contribution in [0.25, 0.3) is 10.9 Å². The van der Waals surface area contributed by atoms with Crippen LogP contribution in [-0.2, 0) is 13.6 Å². The first-order valence-electron chi connectivity index (χ1n) is 9.88. The second-order valence-electron chi connectivity index (χ2n) is 7.62. The summed E-state index contributed by atoms with van der Waals surface area (Å²) >= 11 is 0. The molecule has 0 aliphatic rings. The number of aromatic nitrogens is 3. The molecule has 0 saturated carbocycles. The lowest BCUT2D eigenvalue weighted by Gasteiger charge is -2.12. The second-order valence-corrected chi connectivity index (χ2v) is 7.62. The number of carbonyl (C=O) groups is 1. The molecule has 0 aliphatic heterocycles. The molecule has 2 aromatic heterocycles. The average Bonchev–Trinajstić information content (AvgIpc) is 3.26. The highest BCUT2D eigenvalue weighted by Crippen LogP contribution is 2.27. The van der Waals surface area contributed by atoms with Crippen molar-refractivity contribution in [3.8, 4) is 0 Å². The zero-order valence-electron chi connectivity index (χ0n) is 17.3. The van der Waals surface area contributed by atoms with Gasteiger partial charge in [0, 0.05) is 41.9 Å². The molecule has 0 fully saturated rings. The Morgan fingerprint density at radius 2 is 1.86 bits per heavy atom. The van der Waals surface area contributed by atoms with E-state index in [2.05, 4.69) is 59.2 Å². The maximum atomic E-state index is 12.8. The van der Waals surface area contributed by atoms with Crippen LogP contribution < -0.4 is 5.32 Å². The molecule has 29 heavy (non-hydrogen) atoms. The number of rotatable bonds is 5. The predicted molar refractivity (Wildman–Crippen MR) is 116 cm³/mol. The topological polar surface area (TPSA) is 51.9 Å². The molecule has 0 radical (unpaired) electrons. The van der Waals surface area contributed by atoms with Gasteiger partial charge in [-0.2, -0.15) is 5.10 Å². The SMILES string of the molecule is Cc1c(C)n(Cc2ccccc2)c2ccc(C(=O)N[C@@H](C)c3ccn(C)n3)cc12. The normalized spacial score (nSPS) is 12.3. The first-order valence-corrected chi connectivity index (χ1v) is 9.88. The van der Waals surface area contributed by atoms with Gasteiger partial charge < -0.3 is 9.88 Å². The fraction of sp³-hybridized carbons (Fsp3) is 0.250. The summed E-state index contributed by atoms with van der Waals surface area (Å²) < 4.78 is 4.06. The number of hydrogen-bond donors (Lipinski definition) is 1. The zero-order chi connectivity index (χ0) is 20.5. The van der Waals surface area contributed by atoms with E-state index < -0.39 is 0 Å².